The Labute approximate surface area is 149 Å². The number of carbonyl (C=O) groups excluding carboxylic acids is 2. The van der Waals surface area contributed by atoms with Crippen molar-refractivity contribution < 1.29 is 14.3 Å². The molecule has 136 valence electrons. The van der Waals surface area contributed by atoms with Gasteiger partial charge in [-0.15, -0.1) is 0 Å². The number of hydrogen-bond donors (Lipinski definition) is 1. The molecule has 1 aromatic rings. The molecule has 3 rings (SSSR count). The number of nitrogens with one attached hydrogen (secondary N) is 1. The topological polar surface area (TPSA) is 58.6 Å². The van der Waals surface area contributed by atoms with E-state index < -0.39 is 6.10 Å². The first-order chi connectivity index (χ1) is 12.2. The second-order valence-corrected chi connectivity index (χ2v) is 6.96. The van der Waals surface area contributed by atoms with E-state index in [2.05, 4.69) is 5.32 Å². The van der Waals surface area contributed by atoms with Crippen molar-refractivity contribution in [2.75, 3.05) is 19.6 Å². The van der Waals surface area contributed by atoms with Crippen LogP contribution < -0.4 is 5.32 Å². The maximum Gasteiger partial charge on any atom is 0.253 e. The average Bonchev–Trinajstić information content (AvgIpc) is 3.34. The normalized spacial score (nSPS) is 19.1. The largest absolute Gasteiger partial charge is 0.360 e. The van der Waals surface area contributed by atoms with Gasteiger partial charge in [-0.2, -0.15) is 0 Å². The summed E-state index contributed by atoms with van der Waals surface area (Å²) in [5.74, 6) is -0.0157. The van der Waals surface area contributed by atoms with Crippen molar-refractivity contribution in [2.45, 2.75) is 57.2 Å². The lowest BCUT2D eigenvalue weighted by Gasteiger charge is -2.22. The minimum atomic E-state index is -0.591. The molecule has 1 aromatic carbocycles. The minimum absolute atomic E-state index is 0.130. The Kier molecular flexibility index (Phi) is 6.45. The highest BCUT2D eigenvalue weighted by Crippen LogP contribution is 2.28. The molecule has 0 bridgehead atoms. The Morgan fingerprint density at radius 1 is 1.08 bits per heavy atom. The number of ether oxygens (including phenoxy) is 1. The number of likely N-dealkylation sites (tertiary alicyclic amines) is 1. The first kappa shape index (κ1) is 17.9. The third kappa shape index (κ3) is 5.05. The molecular weight excluding hydrogens is 316 g/mol. The summed E-state index contributed by atoms with van der Waals surface area (Å²) in [4.78, 5) is 26.6. The molecule has 0 aromatic heterocycles. The molecule has 5 heteroatoms. The van der Waals surface area contributed by atoms with E-state index >= 15 is 0 Å². The number of benzene rings is 1. The van der Waals surface area contributed by atoms with Crippen LogP contribution in [0.2, 0.25) is 0 Å². The molecule has 25 heavy (non-hydrogen) atoms. The molecule has 1 aliphatic heterocycles. The Balaban J connectivity index is 1.53. The zero-order chi connectivity index (χ0) is 17.5. The van der Waals surface area contributed by atoms with Gasteiger partial charge in [0.2, 0.25) is 5.91 Å². The van der Waals surface area contributed by atoms with Crippen LogP contribution in [-0.2, 0) is 14.3 Å². The van der Waals surface area contributed by atoms with Crippen molar-refractivity contribution >= 4 is 11.8 Å². The molecular formula is C20H28N2O3. The van der Waals surface area contributed by atoms with Crippen LogP contribution in [0.3, 0.4) is 0 Å². The zero-order valence-corrected chi connectivity index (χ0v) is 14.8. The summed E-state index contributed by atoms with van der Waals surface area (Å²) < 4.78 is 6.11. The van der Waals surface area contributed by atoms with Crippen molar-refractivity contribution in [2.24, 2.45) is 0 Å². The number of amides is 2. The fourth-order valence-corrected chi connectivity index (χ4v) is 3.65. The molecule has 1 heterocycles. The Bertz CT molecular complexity index is 564. The van der Waals surface area contributed by atoms with Crippen molar-refractivity contribution in [3.63, 3.8) is 0 Å². The highest BCUT2D eigenvalue weighted by atomic mass is 16.5. The van der Waals surface area contributed by atoms with Crippen molar-refractivity contribution in [3.05, 3.63) is 35.9 Å². The summed E-state index contributed by atoms with van der Waals surface area (Å²) in [5, 5.41) is 2.90. The molecule has 0 radical (unpaired) electrons. The molecule has 1 atom stereocenters. The van der Waals surface area contributed by atoms with Gasteiger partial charge >= 0.3 is 0 Å². The second-order valence-electron chi connectivity index (χ2n) is 6.96. The first-order valence-corrected chi connectivity index (χ1v) is 9.50. The fourth-order valence-electron chi connectivity index (χ4n) is 3.65. The second kappa shape index (κ2) is 8.99. The Morgan fingerprint density at radius 2 is 1.76 bits per heavy atom. The number of carbonyl (C=O) groups is 2. The standard InChI is InChI=1S/C20H28N2O3/c23-18(22-14-6-7-15-22)12-13-21-20(24)19(16-8-2-1-3-9-16)25-17-10-4-5-11-17/h1-3,8-9,17,19H,4-7,10-15H2,(H,21,24)/t19-/m0/s1. The monoisotopic (exact) mass is 344 g/mol. The molecule has 0 spiro atoms. The summed E-state index contributed by atoms with van der Waals surface area (Å²) in [6.45, 7) is 2.07. The van der Waals surface area contributed by atoms with Crippen LogP contribution in [-0.4, -0.2) is 42.5 Å². The Hall–Kier alpha value is -1.88. The molecule has 1 saturated carbocycles. The van der Waals surface area contributed by atoms with E-state index in [-0.39, 0.29) is 17.9 Å². The van der Waals surface area contributed by atoms with Crippen LogP contribution >= 0.6 is 0 Å². The summed E-state index contributed by atoms with van der Waals surface area (Å²) in [6.07, 6.45) is 6.46. The molecule has 1 N–H and O–H groups in total. The van der Waals surface area contributed by atoms with Gasteiger partial charge in [-0.3, -0.25) is 9.59 Å². The SMILES string of the molecule is O=C(NCCC(=O)N1CCCC1)[C@@H](OC1CCCC1)c1ccccc1. The van der Waals surface area contributed by atoms with E-state index in [4.69, 9.17) is 4.74 Å². The van der Waals surface area contributed by atoms with Crippen molar-refractivity contribution in [3.8, 4) is 0 Å². The highest BCUT2D eigenvalue weighted by molar-refractivity contribution is 5.83. The smallest absolute Gasteiger partial charge is 0.253 e. The van der Waals surface area contributed by atoms with E-state index in [1.165, 1.54) is 0 Å². The van der Waals surface area contributed by atoms with E-state index in [0.717, 1.165) is 57.2 Å². The van der Waals surface area contributed by atoms with Crippen LogP contribution in [0.15, 0.2) is 30.3 Å². The van der Waals surface area contributed by atoms with Crippen LogP contribution in [0.25, 0.3) is 0 Å². The van der Waals surface area contributed by atoms with Crippen LogP contribution in [0.4, 0.5) is 0 Å². The van der Waals surface area contributed by atoms with Gasteiger partial charge in [0.05, 0.1) is 6.10 Å². The molecule has 5 nitrogen and oxygen atoms in total. The van der Waals surface area contributed by atoms with Gasteiger partial charge in [-0.05, 0) is 31.2 Å². The molecule has 2 fully saturated rings. The average molecular weight is 344 g/mol. The number of rotatable bonds is 7. The maximum absolute atomic E-state index is 12.7. The predicted molar refractivity (Wildman–Crippen MR) is 96.0 cm³/mol. The lowest BCUT2D eigenvalue weighted by molar-refractivity contribution is -0.137. The lowest BCUT2D eigenvalue weighted by Crippen LogP contribution is -2.36. The quantitative estimate of drug-likeness (QED) is 0.827. The van der Waals surface area contributed by atoms with Crippen LogP contribution in [0, 0.1) is 0 Å². The fraction of sp³-hybridized carbons (Fsp3) is 0.600. The van der Waals surface area contributed by atoms with E-state index in [1.54, 1.807) is 0 Å². The van der Waals surface area contributed by atoms with Crippen LogP contribution in [0.5, 0.6) is 0 Å². The van der Waals surface area contributed by atoms with Crippen molar-refractivity contribution in [1.29, 1.82) is 0 Å². The minimum Gasteiger partial charge on any atom is -0.360 e. The third-order valence-corrected chi connectivity index (χ3v) is 5.07. The number of hydrogen-bond acceptors (Lipinski definition) is 3. The summed E-state index contributed by atoms with van der Waals surface area (Å²) in [5.41, 5.74) is 0.873. The van der Waals surface area contributed by atoms with Gasteiger partial charge in [0.25, 0.3) is 5.91 Å². The Morgan fingerprint density at radius 3 is 2.44 bits per heavy atom. The van der Waals surface area contributed by atoms with E-state index in [1.807, 2.05) is 35.2 Å². The van der Waals surface area contributed by atoms with Gasteiger partial charge in [0.1, 0.15) is 0 Å². The van der Waals surface area contributed by atoms with Gasteiger partial charge in [-0.1, -0.05) is 43.2 Å². The predicted octanol–water partition coefficient (Wildman–Crippen LogP) is 2.82. The van der Waals surface area contributed by atoms with Gasteiger partial charge in [0.15, 0.2) is 6.10 Å². The molecule has 0 unspecified atom stereocenters. The summed E-state index contributed by atoms with van der Waals surface area (Å²) in [7, 11) is 0. The van der Waals surface area contributed by atoms with Crippen molar-refractivity contribution in [1.82, 2.24) is 10.2 Å². The lowest BCUT2D eigenvalue weighted by atomic mass is 10.1. The number of nitrogens with zero attached hydrogens (tertiary/aromatic N) is 1. The van der Waals surface area contributed by atoms with Crippen LogP contribution in [0.1, 0.15) is 56.6 Å². The van der Waals surface area contributed by atoms with E-state index in [9.17, 15) is 9.59 Å². The van der Waals surface area contributed by atoms with Gasteiger partial charge in [-0.25, -0.2) is 0 Å². The zero-order valence-electron chi connectivity index (χ0n) is 14.8. The highest BCUT2D eigenvalue weighted by Gasteiger charge is 2.27. The summed E-state index contributed by atoms with van der Waals surface area (Å²) >= 11 is 0. The molecule has 2 amide bonds. The van der Waals surface area contributed by atoms with E-state index in [0.29, 0.717) is 13.0 Å². The maximum atomic E-state index is 12.7. The summed E-state index contributed by atoms with van der Waals surface area (Å²) in [6, 6.07) is 9.63. The molecule has 2 aliphatic rings. The van der Waals surface area contributed by atoms with Gasteiger partial charge in [0, 0.05) is 26.1 Å². The first-order valence-electron chi connectivity index (χ1n) is 9.50. The molecule has 1 saturated heterocycles. The third-order valence-electron chi connectivity index (χ3n) is 5.07. The molecule has 1 aliphatic carbocycles. The van der Waals surface area contributed by atoms with Gasteiger partial charge < -0.3 is 15.0 Å².